The molecule has 0 radical (unpaired) electrons. The van der Waals surface area contributed by atoms with Crippen LogP contribution in [0.5, 0.6) is 0 Å². The first-order chi connectivity index (χ1) is 11.9. The standard InChI is InChI=1S/C18H22N4O3/c1-21(2)17-9-8-16(22(24)25)11-13(17)10-14(12-19)18(23)20-15-6-4-3-5-7-15/h8-11,15H,3-7H2,1-2H3,(H,20,23)/b14-10+. The zero-order valence-corrected chi connectivity index (χ0v) is 14.5. The maximum absolute atomic E-state index is 12.4. The van der Waals surface area contributed by atoms with Crippen LogP contribution in [-0.4, -0.2) is 31.0 Å². The lowest BCUT2D eigenvalue weighted by Gasteiger charge is -2.22. The first-order valence-electron chi connectivity index (χ1n) is 8.31. The third kappa shape index (κ3) is 4.80. The van der Waals surface area contributed by atoms with Crippen LogP contribution >= 0.6 is 0 Å². The van der Waals surface area contributed by atoms with Gasteiger partial charge in [-0.25, -0.2) is 0 Å². The van der Waals surface area contributed by atoms with Crippen molar-refractivity contribution >= 4 is 23.4 Å². The molecule has 0 unspecified atom stereocenters. The summed E-state index contributed by atoms with van der Waals surface area (Å²) in [5, 5.41) is 23.3. The molecule has 1 saturated carbocycles. The molecule has 1 amide bonds. The summed E-state index contributed by atoms with van der Waals surface area (Å²) in [6, 6.07) is 6.40. The van der Waals surface area contributed by atoms with Gasteiger partial charge in [0.25, 0.3) is 11.6 Å². The highest BCUT2D eigenvalue weighted by Crippen LogP contribution is 2.26. The summed E-state index contributed by atoms with van der Waals surface area (Å²) in [7, 11) is 3.60. The lowest BCUT2D eigenvalue weighted by molar-refractivity contribution is -0.384. The maximum Gasteiger partial charge on any atom is 0.270 e. The Morgan fingerprint density at radius 2 is 2.04 bits per heavy atom. The van der Waals surface area contributed by atoms with Crippen LogP contribution in [0.15, 0.2) is 23.8 Å². The second-order valence-electron chi connectivity index (χ2n) is 6.37. The zero-order valence-electron chi connectivity index (χ0n) is 14.5. The summed E-state index contributed by atoms with van der Waals surface area (Å²) in [5.41, 5.74) is 1.04. The highest BCUT2D eigenvalue weighted by Gasteiger charge is 2.19. The molecule has 7 nitrogen and oxygen atoms in total. The molecule has 25 heavy (non-hydrogen) atoms. The van der Waals surface area contributed by atoms with Crippen LogP contribution in [0.25, 0.3) is 6.08 Å². The van der Waals surface area contributed by atoms with E-state index in [1.807, 2.05) is 6.07 Å². The Morgan fingerprint density at radius 1 is 1.36 bits per heavy atom. The average Bonchev–Trinajstić information content (AvgIpc) is 2.59. The van der Waals surface area contributed by atoms with E-state index in [9.17, 15) is 20.2 Å². The van der Waals surface area contributed by atoms with E-state index in [0.29, 0.717) is 11.3 Å². The molecule has 1 aliphatic rings. The Kier molecular flexibility index (Phi) is 6.12. The number of amides is 1. The van der Waals surface area contributed by atoms with E-state index in [0.717, 1.165) is 25.7 Å². The molecule has 132 valence electrons. The number of nitrogens with one attached hydrogen (secondary N) is 1. The highest BCUT2D eigenvalue weighted by atomic mass is 16.6. The molecular weight excluding hydrogens is 320 g/mol. The van der Waals surface area contributed by atoms with E-state index in [2.05, 4.69) is 5.32 Å². The van der Waals surface area contributed by atoms with Crippen molar-refractivity contribution in [2.75, 3.05) is 19.0 Å². The number of non-ortho nitro benzene ring substituents is 1. The largest absolute Gasteiger partial charge is 0.377 e. The summed E-state index contributed by atoms with van der Waals surface area (Å²) in [5.74, 6) is -0.425. The van der Waals surface area contributed by atoms with Gasteiger partial charge in [0.2, 0.25) is 0 Å². The lowest BCUT2D eigenvalue weighted by atomic mass is 9.95. The quantitative estimate of drug-likeness (QED) is 0.384. The van der Waals surface area contributed by atoms with E-state index in [1.165, 1.54) is 24.6 Å². The summed E-state index contributed by atoms with van der Waals surface area (Å²) < 4.78 is 0. The molecule has 0 bridgehead atoms. The molecule has 1 N–H and O–H groups in total. The second-order valence-corrected chi connectivity index (χ2v) is 6.37. The Labute approximate surface area is 147 Å². The van der Waals surface area contributed by atoms with E-state index >= 15 is 0 Å². The van der Waals surface area contributed by atoms with Crippen LogP contribution in [0, 0.1) is 21.4 Å². The van der Waals surface area contributed by atoms with Gasteiger partial charge in [0, 0.05) is 43.5 Å². The number of carbonyl (C=O) groups excluding carboxylic acids is 1. The molecule has 2 rings (SSSR count). The number of rotatable bonds is 5. The van der Waals surface area contributed by atoms with Crippen molar-refractivity contribution in [2.45, 2.75) is 38.1 Å². The van der Waals surface area contributed by atoms with Crippen molar-refractivity contribution in [1.82, 2.24) is 5.32 Å². The van der Waals surface area contributed by atoms with Gasteiger partial charge in [0.1, 0.15) is 11.6 Å². The van der Waals surface area contributed by atoms with Crippen molar-refractivity contribution in [2.24, 2.45) is 0 Å². The molecule has 1 aromatic rings. The second kappa shape index (κ2) is 8.29. The first-order valence-corrected chi connectivity index (χ1v) is 8.31. The molecule has 1 aromatic carbocycles. The molecule has 0 atom stereocenters. The van der Waals surface area contributed by atoms with E-state index in [-0.39, 0.29) is 17.3 Å². The number of hydrogen-bond donors (Lipinski definition) is 1. The monoisotopic (exact) mass is 342 g/mol. The predicted molar refractivity (Wildman–Crippen MR) is 96.0 cm³/mol. The third-order valence-electron chi connectivity index (χ3n) is 4.31. The van der Waals surface area contributed by atoms with Gasteiger partial charge in [0.15, 0.2) is 0 Å². The normalized spacial score (nSPS) is 15.3. The highest BCUT2D eigenvalue weighted by molar-refractivity contribution is 6.02. The van der Waals surface area contributed by atoms with Gasteiger partial charge in [0.05, 0.1) is 4.92 Å². The van der Waals surface area contributed by atoms with Crippen LogP contribution < -0.4 is 10.2 Å². The number of hydrogen-bond acceptors (Lipinski definition) is 5. The molecule has 0 heterocycles. The fourth-order valence-corrected chi connectivity index (χ4v) is 2.99. The third-order valence-corrected chi connectivity index (χ3v) is 4.31. The molecule has 1 aliphatic carbocycles. The van der Waals surface area contributed by atoms with Gasteiger partial charge in [-0.2, -0.15) is 5.26 Å². The van der Waals surface area contributed by atoms with Crippen LogP contribution in [0.3, 0.4) is 0 Å². The van der Waals surface area contributed by atoms with Crippen LogP contribution in [0.2, 0.25) is 0 Å². The number of anilines is 1. The van der Waals surface area contributed by atoms with Crippen LogP contribution in [0.1, 0.15) is 37.7 Å². The number of carbonyl (C=O) groups is 1. The molecule has 0 spiro atoms. The van der Waals surface area contributed by atoms with Crippen molar-refractivity contribution in [3.63, 3.8) is 0 Å². The molecule has 0 aromatic heterocycles. The van der Waals surface area contributed by atoms with Gasteiger partial charge in [-0.3, -0.25) is 14.9 Å². The van der Waals surface area contributed by atoms with Crippen molar-refractivity contribution in [3.05, 3.63) is 39.4 Å². The smallest absolute Gasteiger partial charge is 0.270 e. The minimum Gasteiger partial charge on any atom is -0.377 e. The molecule has 0 aliphatic heterocycles. The minimum absolute atomic E-state index is 0.0471. The Bertz CT molecular complexity index is 728. The number of nitro benzene ring substituents is 1. The minimum atomic E-state index is -0.495. The Hall–Kier alpha value is -2.88. The van der Waals surface area contributed by atoms with Gasteiger partial charge in [-0.1, -0.05) is 19.3 Å². The molecule has 7 heteroatoms. The van der Waals surface area contributed by atoms with E-state index < -0.39 is 10.8 Å². The number of nitriles is 1. The van der Waals surface area contributed by atoms with Gasteiger partial charge in [-0.05, 0) is 25.0 Å². The average molecular weight is 342 g/mol. The first kappa shape index (κ1) is 18.5. The molecular formula is C18H22N4O3. The van der Waals surface area contributed by atoms with Crippen molar-refractivity contribution in [1.29, 1.82) is 5.26 Å². The van der Waals surface area contributed by atoms with E-state index in [4.69, 9.17) is 0 Å². The lowest BCUT2D eigenvalue weighted by Crippen LogP contribution is -2.36. The van der Waals surface area contributed by atoms with Gasteiger partial charge in [-0.15, -0.1) is 0 Å². The summed E-state index contributed by atoms with van der Waals surface area (Å²) in [6.45, 7) is 0. The molecule has 1 fully saturated rings. The maximum atomic E-state index is 12.4. The fraction of sp³-hybridized carbons (Fsp3) is 0.444. The van der Waals surface area contributed by atoms with Gasteiger partial charge < -0.3 is 10.2 Å². The van der Waals surface area contributed by atoms with E-state index in [1.54, 1.807) is 25.1 Å². The van der Waals surface area contributed by atoms with Crippen LogP contribution in [-0.2, 0) is 4.79 Å². The van der Waals surface area contributed by atoms with Gasteiger partial charge >= 0.3 is 0 Å². The zero-order chi connectivity index (χ0) is 18.4. The van der Waals surface area contributed by atoms with Crippen molar-refractivity contribution in [3.8, 4) is 6.07 Å². The fourth-order valence-electron chi connectivity index (χ4n) is 2.99. The summed E-state index contributed by atoms with van der Waals surface area (Å²) >= 11 is 0. The Morgan fingerprint density at radius 3 is 2.60 bits per heavy atom. The van der Waals surface area contributed by atoms with Crippen LogP contribution in [0.4, 0.5) is 11.4 Å². The SMILES string of the molecule is CN(C)c1ccc([N+](=O)[O-])cc1/C=C(\C#N)C(=O)NC1CCCCC1. The predicted octanol–water partition coefficient (Wildman–Crippen LogP) is 3.02. The number of nitrogens with zero attached hydrogens (tertiary/aromatic N) is 3. The Balaban J connectivity index is 2.30. The summed E-state index contributed by atoms with van der Waals surface area (Å²) in [6.07, 6.45) is 6.58. The molecule has 0 saturated heterocycles. The number of benzene rings is 1. The number of nitro groups is 1. The summed E-state index contributed by atoms with van der Waals surface area (Å²) in [4.78, 5) is 24.7. The topological polar surface area (TPSA) is 99.3 Å². The van der Waals surface area contributed by atoms with Crippen molar-refractivity contribution < 1.29 is 9.72 Å².